The summed E-state index contributed by atoms with van der Waals surface area (Å²) in [6.07, 6.45) is 0.629. The summed E-state index contributed by atoms with van der Waals surface area (Å²) in [5.41, 5.74) is 0.696. The van der Waals surface area contributed by atoms with Gasteiger partial charge in [-0.1, -0.05) is 0 Å². The maximum atomic E-state index is 12.2. The van der Waals surface area contributed by atoms with Crippen molar-refractivity contribution >= 4 is 23.4 Å². The van der Waals surface area contributed by atoms with Crippen LogP contribution in [0.1, 0.15) is 33.6 Å². The van der Waals surface area contributed by atoms with Gasteiger partial charge in [-0.25, -0.2) is 4.79 Å². The fraction of sp³-hybridized carbons (Fsp3) is 0.591. The molecule has 3 rings (SSSR count). The largest absolute Gasteiger partial charge is 0.469 e. The Hall–Kier alpha value is -2.95. The molecule has 1 N–H and O–H groups in total. The molecule has 0 atom stereocenters. The molecule has 1 aliphatic heterocycles. The number of rotatable bonds is 4. The Morgan fingerprint density at radius 1 is 1.13 bits per heavy atom. The van der Waals surface area contributed by atoms with E-state index in [1.165, 1.54) is 7.11 Å². The number of esters is 1. The minimum atomic E-state index is -0.723. The first-order chi connectivity index (χ1) is 14.1. The van der Waals surface area contributed by atoms with Gasteiger partial charge in [-0.2, -0.15) is 5.26 Å². The van der Waals surface area contributed by atoms with Gasteiger partial charge in [0.25, 0.3) is 0 Å². The van der Waals surface area contributed by atoms with E-state index in [1.54, 1.807) is 4.90 Å². The predicted octanol–water partition coefficient (Wildman–Crippen LogP) is 3.00. The smallest absolute Gasteiger partial charge is 0.410 e. The highest BCUT2D eigenvalue weighted by Gasteiger charge is 2.48. The molecule has 1 saturated heterocycles. The van der Waals surface area contributed by atoms with Crippen LogP contribution in [0.4, 0.5) is 16.2 Å². The van der Waals surface area contributed by atoms with Gasteiger partial charge >= 0.3 is 12.1 Å². The van der Waals surface area contributed by atoms with Crippen LogP contribution in [0.2, 0.25) is 0 Å². The van der Waals surface area contributed by atoms with Crippen LogP contribution in [0, 0.1) is 17.2 Å². The Morgan fingerprint density at radius 3 is 2.23 bits per heavy atom. The predicted molar refractivity (Wildman–Crippen MR) is 113 cm³/mol. The van der Waals surface area contributed by atoms with Gasteiger partial charge < -0.3 is 24.6 Å². The van der Waals surface area contributed by atoms with Crippen molar-refractivity contribution in [2.45, 2.75) is 44.8 Å². The van der Waals surface area contributed by atoms with Gasteiger partial charge in [0.05, 0.1) is 19.1 Å². The molecule has 0 radical (unpaired) electrons. The Morgan fingerprint density at radius 2 is 1.73 bits per heavy atom. The third kappa shape index (κ3) is 4.96. The highest BCUT2D eigenvalue weighted by molar-refractivity contribution is 5.75. The number of nitriles is 1. The van der Waals surface area contributed by atoms with Crippen molar-refractivity contribution in [3.8, 4) is 6.07 Å². The Balaban J connectivity index is 1.53. The number of hydrogen-bond acceptors (Lipinski definition) is 7. The van der Waals surface area contributed by atoms with E-state index in [9.17, 15) is 14.9 Å². The van der Waals surface area contributed by atoms with Gasteiger partial charge in [0.1, 0.15) is 11.1 Å². The molecule has 0 bridgehead atoms. The highest BCUT2D eigenvalue weighted by atomic mass is 16.6. The van der Waals surface area contributed by atoms with E-state index in [4.69, 9.17) is 9.47 Å². The average Bonchev–Trinajstić information content (AvgIpc) is 2.69. The number of hydrogen-bond donors (Lipinski definition) is 1. The third-order valence-electron chi connectivity index (χ3n) is 5.49. The maximum absolute atomic E-state index is 12.2. The van der Waals surface area contributed by atoms with Crippen molar-refractivity contribution in [3.05, 3.63) is 24.3 Å². The minimum Gasteiger partial charge on any atom is -0.469 e. The number of nitrogens with zero attached hydrogens (tertiary/aromatic N) is 3. The summed E-state index contributed by atoms with van der Waals surface area (Å²) >= 11 is 0. The molecule has 2 aliphatic rings. The van der Waals surface area contributed by atoms with Gasteiger partial charge in [-0.15, -0.1) is 0 Å². The highest BCUT2D eigenvalue weighted by Crippen LogP contribution is 2.41. The van der Waals surface area contributed by atoms with E-state index in [0.29, 0.717) is 25.9 Å². The standard InChI is InChI=1S/C22H30N4O4/c1-21(2,3)30-20(28)26-11-9-25(10-12-26)18-7-5-17(6-8-18)24-22(15-23)13-16(14-22)19(27)29-4/h5-8,16,24H,9-14H2,1-4H3. The van der Waals surface area contributed by atoms with Crippen LogP contribution >= 0.6 is 0 Å². The molecule has 8 nitrogen and oxygen atoms in total. The minimum absolute atomic E-state index is 0.220. The molecule has 1 aromatic rings. The topological polar surface area (TPSA) is 94.9 Å². The number of benzene rings is 1. The third-order valence-corrected chi connectivity index (χ3v) is 5.49. The molecule has 30 heavy (non-hydrogen) atoms. The molecular weight excluding hydrogens is 384 g/mol. The van der Waals surface area contributed by atoms with Crippen molar-refractivity contribution in [3.63, 3.8) is 0 Å². The average molecular weight is 415 g/mol. The van der Waals surface area contributed by atoms with E-state index in [-0.39, 0.29) is 18.0 Å². The lowest BCUT2D eigenvalue weighted by Crippen LogP contribution is -2.52. The normalized spacial score (nSPS) is 23.8. The molecule has 1 aromatic carbocycles. The fourth-order valence-electron chi connectivity index (χ4n) is 3.84. The van der Waals surface area contributed by atoms with Gasteiger partial charge in [0, 0.05) is 37.6 Å². The van der Waals surface area contributed by atoms with E-state index >= 15 is 0 Å². The van der Waals surface area contributed by atoms with Crippen molar-refractivity contribution in [1.82, 2.24) is 4.90 Å². The first-order valence-electron chi connectivity index (χ1n) is 10.2. The number of methoxy groups -OCH3 is 1. The molecule has 1 aliphatic carbocycles. The number of piperazine rings is 1. The number of amides is 1. The molecular formula is C22H30N4O4. The molecule has 0 spiro atoms. The molecule has 1 heterocycles. The second-order valence-corrected chi connectivity index (χ2v) is 8.95. The summed E-state index contributed by atoms with van der Waals surface area (Å²) in [7, 11) is 1.37. The number of anilines is 2. The zero-order valence-electron chi connectivity index (χ0n) is 18.1. The van der Waals surface area contributed by atoms with Crippen molar-refractivity contribution < 1.29 is 19.1 Å². The lowest BCUT2D eigenvalue weighted by molar-refractivity contribution is -0.149. The van der Waals surface area contributed by atoms with Crippen LogP contribution in [0.25, 0.3) is 0 Å². The molecule has 1 amide bonds. The Bertz CT molecular complexity index is 811. The summed E-state index contributed by atoms with van der Waals surface area (Å²) in [5.74, 6) is -0.480. The summed E-state index contributed by atoms with van der Waals surface area (Å²) < 4.78 is 10.2. The van der Waals surface area contributed by atoms with Crippen LogP contribution < -0.4 is 10.2 Å². The van der Waals surface area contributed by atoms with E-state index in [1.807, 2.05) is 45.0 Å². The van der Waals surface area contributed by atoms with Crippen LogP contribution in [-0.2, 0) is 14.3 Å². The maximum Gasteiger partial charge on any atom is 0.410 e. The fourth-order valence-corrected chi connectivity index (χ4v) is 3.84. The first-order valence-corrected chi connectivity index (χ1v) is 10.2. The molecule has 1 saturated carbocycles. The second-order valence-electron chi connectivity index (χ2n) is 8.95. The van der Waals surface area contributed by atoms with Gasteiger partial charge in [0.2, 0.25) is 0 Å². The summed E-state index contributed by atoms with van der Waals surface area (Å²) in [6, 6.07) is 10.2. The summed E-state index contributed by atoms with van der Waals surface area (Å²) in [6.45, 7) is 8.29. The number of carbonyl (C=O) groups excluding carboxylic acids is 2. The van der Waals surface area contributed by atoms with Gasteiger partial charge in [-0.05, 0) is 57.9 Å². The lowest BCUT2D eigenvalue weighted by Gasteiger charge is -2.42. The molecule has 2 fully saturated rings. The van der Waals surface area contributed by atoms with Crippen LogP contribution in [-0.4, -0.2) is 61.4 Å². The number of carbonyl (C=O) groups is 2. The molecule has 0 unspecified atom stereocenters. The Labute approximate surface area is 177 Å². The van der Waals surface area contributed by atoms with E-state index in [2.05, 4.69) is 16.3 Å². The first kappa shape index (κ1) is 21.8. The Kier molecular flexibility index (Phi) is 6.11. The van der Waals surface area contributed by atoms with Gasteiger partial charge in [-0.3, -0.25) is 4.79 Å². The molecule has 162 valence electrons. The van der Waals surface area contributed by atoms with Crippen molar-refractivity contribution in [1.29, 1.82) is 5.26 Å². The zero-order valence-corrected chi connectivity index (χ0v) is 18.1. The van der Waals surface area contributed by atoms with Crippen LogP contribution in [0.3, 0.4) is 0 Å². The van der Waals surface area contributed by atoms with Crippen LogP contribution in [0.5, 0.6) is 0 Å². The van der Waals surface area contributed by atoms with Crippen molar-refractivity contribution in [2.24, 2.45) is 5.92 Å². The summed E-state index contributed by atoms with van der Waals surface area (Å²) in [5, 5.41) is 12.8. The SMILES string of the molecule is COC(=O)C1CC(C#N)(Nc2ccc(N3CCN(C(=O)OC(C)(C)C)CC3)cc2)C1. The summed E-state index contributed by atoms with van der Waals surface area (Å²) in [4.78, 5) is 27.8. The quantitative estimate of drug-likeness (QED) is 0.757. The molecule has 8 heteroatoms. The van der Waals surface area contributed by atoms with Gasteiger partial charge in [0.15, 0.2) is 0 Å². The van der Waals surface area contributed by atoms with Crippen molar-refractivity contribution in [2.75, 3.05) is 43.5 Å². The second kappa shape index (κ2) is 8.42. The lowest BCUT2D eigenvalue weighted by atomic mass is 9.69. The zero-order chi connectivity index (χ0) is 21.9. The molecule has 0 aromatic heterocycles. The number of ether oxygens (including phenoxy) is 2. The monoisotopic (exact) mass is 414 g/mol. The number of nitrogens with one attached hydrogen (secondary N) is 1. The van der Waals surface area contributed by atoms with Crippen LogP contribution in [0.15, 0.2) is 24.3 Å². The van der Waals surface area contributed by atoms with E-state index < -0.39 is 11.1 Å². The van der Waals surface area contributed by atoms with E-state index in [0.717, 1.165) is 24.5 Å².